The Labute approximate surface area is 99.2 Å². The average Bonchev–Trinajstić information content (AvgIpc) is 2.35. The van der Waals surface area contributed by atoms with Crippen molar-refractivity contribution < 1.29 is 14.7 Å². The van der Waals surface area contributed by atoms with Crippen molar-refractivity contribution in [2.24, 2.45) is 0 Å². The van der Waals surface area contributed by atoms with Crippen molar-refractivity contribution in [1.29, 1.82) is 0 Å². The van der Waals surface area contributed by atoms with E-state index in [-0.39, 0.29) is 6.42 Å². The Kier molecular flexibility index (Phi) is 3.23. The number of carboxylic acids is 1. The molecule has 2 rings (SSSR count). The van der Waals surface area contributed by atoms with Crippen molar-refractivity contribution in [2.75, 3.05) is 11.4 Å². The highest BCUT2D eigenvalue weighted by Gasteiger charge is 2.17. The second kappa shape index (κ2) is 4.82. The smallest absolute Gasteiger partial charge is 0.303 e. The van der Waals surface area contributed by atoms with Gasteiger partial charge in [0.15, 0.2) is 0 Å². The Morgan fingerprint density at radius 3 is 2.88 bits per heavy atom. The second-order valence-electron chi connectivity index (χ2n) is 3.99. The highest BCUT2D eigenvalue weighted by Crippen LogP contribution is 2.28. The fourth-order valence-corrected chi connectivity index (χ4v) is 1.95. The van der Waals surface area contributed by atoms with Crippen LogP contribution in [0.4, 0.5) is 5.69 Å². The van der Waals surface area contributed by atoms with Gasteiger partial charge in [-0.25, -0.2) is 0 Å². The Hall–Kier alpha value is -2.10. The largest absolute Gasteiger partial charge is 0.481 e. The molecule has 0 radical (unpaired) electrons. The molecule has 1 aromatic carbocycles. The predicted octanol–water partition coefficient (Wildman–Crippen LogP) is 1.91. The Balaban J connectivity index is 2.24. The van der Waals surface area contributed by atoms with Crippen LogP contribution in [0.15, 0.2) is 29.8 Å². The first kappa shape index (κ1) is 11.4. The molecule has 1 heterocycles. The summed E-state index contributed by atoms with van der Waals surface area (Å²) in [6, 6.07) is 7.59. The van der Waals surface area contributed by atoms with Gasteiger partial charge in [-0.3, -0.25) is 9.59 Å². The van der Waals surface area contributed by atoms with Gasteiger partial charge in [-0.1, -0.05) is 24.3 Å². The summed E-state index contributed by atoms with van der Waals surface area (Å²) in [5.74, 6) is -0.817. The molecule has 0 aromatic heterocycles. The average molecular weight is 231 g/mol. The Bertz CT molecular complexity index is 479. The van der Waals surface area contributed by atoms with Gasteiger partial charge < -0.3 is 10.0 Å². The van der Waals surface area contributed by atoms with Crippen LogP contribution in [0.25, 0.3) is 6.08 Å². The van der Waals surface area contributed by atoms with Crippen LogP contribution in [-0.4, -0.2) is 24.0 Å². The molecule has 0 spiro atoms. The van der Waals surface area contributed by atoms with Crippen LogP contribution < -0.4 is 4.90 Å². The molecule has 4 nitrogen and oxygen atoms in total. The molecule has 0 saturated carbocycles. The summed E-state index contributed by atoms with van der Waals surface area (Å²) in [5.41, 5.74) is 2.81. The van der Waals surface area contributed by atoms with E-state index in [9.17, 15) is 9.59 Å². The summed E-state index contributed by atoms with van der Waals surface area (Å²) in [7, 11) is 0. The minimum absolute atomic E-state index is 0.0979. The van der Waals surface area contributed by atoms with Crippen molar-refractivity contribution in [1.82, 2.24) is 0 Å². The fourth-order valence-electron chi connectivity index (χ4n) is 1.95. The Morgan fingerprint density at radius 2 is 2.18 bits per heavy atom. The lowest BCUT2D eigenvalue weighted by Gasteiger charge is -2.25. The highest BCUT2D eigenvalue weighted by molar-refractivity contribution is 5.85. The minimum Gasteiger partial charge on any atom is -0.481 e. The van der Waals surface area contributed by atoms with Gasteiger partial charge in [-0.2, -0.15) is 0 Å². The summed E-state index contributed by atoms with van der Waals surface area (Å²) in [5, 5.41) is 8.65. The number of nitrogens with zero attached hydrogens (tertiary/aromatic N) is 1. The molecule has 1 N–H and O–H groups in total. The molecular weight excluding hydrogens is 218 g/mol. The molecule has 88 valence electrons. The predicted molar refractivity (Wildman–Crippen MR) is 64.7 cm³/mol. The van der Waals surface area contributed by atoms with Gasteiger partial charge >= 0.3 is 5.97 Å². The number of carbonyl (C=O) groups is 2. The number of anilines is 1. The number of fused-ring (bicyclic) bond motifs is 1. The summed E-state index contributed by atoms with van der Waals surface area (Å²) in [4.78, 5) is 23.1. The molecule has 1 aliphatic rings. The van der Waals surface area contributed by atoms with Crippen LogP contribution in [0.1, 0.15) is 18.4 Å². The van der Waals surface area contributed by atoms with Crippen molar-refractivity contribution in [3.63, 3.8) is 0 Å². The normalized spacial score (nSPS) is 13.9. The van der Waals surface area contributed by atoms with Gasteiger partial charge in [-0.05, 0) is 23.6 Å². The van der Waals surface area contributed by atoms with Gasteiger partial charge in [0.1, 0.15) is 0 Å². The van der Waals surface area contributed by atoms with Gasteiger partial charge in [0.25, 0.3) is 0 Å². The number of aliphatic carboxylic acids is 1. The number of rotatable bonds is 4. The maximum absolute atomic E-state index is 11.0. The number of carboxylic acid groups (broad SMARTS) is 1. The number of para-hydroxylation sites is 1. The van der Waals surface area contributed by atoms with Crippen LogP contribution in [-0.2, 0) is 9.59 Å². The first-order chi connectivity index (χ1) is 8.20. The van der Waals surface area contributed by atoms with E-state index in [0.29, 0.717) is 13.0 Å². The SMILES string of the molecule is O=CN1CC(CCC(=O)O)=Cc2ccccc21. The quantitative estimate of drug-likeness (QED) is 0.805. The van der Waals surface area contributed by atoms with Crippen LogP contribution >= 0.6 is 0 Å². The topological polar surface area (TPSA) is 57.6 Å². The lowest BCUT2D eigenvalue weighted by atomic mass is 10.00. The van der Waals surface area contributed by atoms with E-state index < -0.39 is 5.97 Å². The van der Waals surface area contributed by atoms with E-state index >= 15 is 0 Å². The van der Waals surface area contributed by atoms with E-state index in [1.807, 2.05) is 30.3 Å². The number of amides is 1. The molecule has 17 heavy (non-hydrogen) atoms. The van der Waals surface area contributed by atoms with Gasteiger partial charge in [0.05, 0.1) is 5.69 Å². The maximum Gasteiger partial charge on any atom is 0.303 e. The lowest BCUT2D eigenvalue weighted by molar-refractivity contribution is -0.136. The van der Waals surface area contributed by atoms with E-state index in [4.69, 9.17) is 5.11 Å². The molecule has 0 unspecified atom stereocenters. The lowest BCUT2D eigenvalue weighted by Crippen LogP contribution is -2.27. The van der Waals surface area contributed by atoms with Crippen LogP contribution in [0.5, 0.6) is 0 Å². The van der Waals surface area contributed by atoms with E-state index in [2.05, 4.69) is 0 Å². The van der Waals surface area contributed by atoms with Gasteiger partial charge in [0, 0.05) is 13.0 Å². The number of benzene rings is 1. The van der Waals surface area contributed by atoms with Crippen LogP contribution in [0.3, 0.4) is 0 Å². The van der Waals surface area contributed by atoms with Crippen LogP contribution in [0, 0.1) is 0 Å². The highest BCUT2D eigenvalue weighted by atomic mass is 16.4. The summed E-state index contributed by atoms with van der Waals surface area (Å²) < 4.78 is 0. The van der Waals surface area contributed by atoms with Crippen molar-refractivity contribution >= 4 is 24.1 Å². The fraction of sp³-hybridized carbons (Fsp3) is 0.231. The molecule has 0 atom stereocenters. The third-order valence-electron chi connectivity index (χ3n) is 2.77. The van der Waals surface area contributed by atoms with Crippen LogP contribution in [0.2, 0.25) is 0 Å². The molecule has 0 bridgehead atoms. The molecule has 0 aliphatic carbocycles. The zero-order valence-electron chi connectivity index (χ0n) is 9.30. The van der Waals surface area contributed by atoms with Crippen molar-refractivity contribution in [3.05, 3.63) is 35.4 Å². The third kappa shape index (κ3) is 2.53. The monoisotopic (exact) mass is 231 g/mol. The molecule has 0 saturated heterocycles. The van der Waals surface area contributed by atoms with E-state index in [1.165, 1.54) is 0 Å². The van der Waals surface area contributed by atoms with E-state index in [1.54, 1.807) is 4.90 Å². The van der Waals surface area contributed by atoms with Crippen molar-refractivity contribution in [3.8, 4) is 0 Å². The van der Waals surface area contributed by atoms with Gasteiger partial charge in [-0.15, -0.1) is 0 Å². The Morgan fingerprint density at radius 1 is 1.41 bits per heavy atom. The maximum atomic E-state index is 11.0. The molecule has 1 aromatic rings. The number of hydrogen-bond donors (Lipinski definition) is 1. The third-order valence-corrected chi connectivity index (χ3v) is 2.77. The minimum atomic E-state index is -0.817. The summed E-state index contributed by atoms with van der Waals surface area (Å²) in [6.45, 7) is 0.480. The molecule has 0 fully saturated rings. The first-order valence-electron chi connectivity index (χ1n) is 5.43. The second-order valence-corrected chi connectivity index (χ2v) is 3.99. The standard InChI is InChI=1S/C13H13NO3/c15-9-14-8-10(5-6-13(16)17)7-11-3-1-2-4-12(11)14/h1-4,7,9H,5-6,8H2,(H,16,17). The molecule has 1 aliphatic heterocycles. The number of hydrogen-bond acceptors (Lipinski definition) is 2. The molecule has 1 amide bonds. The zero-order valence-corrected chi connectivity index (χ0v) is 9.30. The van der Waals surface area contributed by atoms with E-state index in [0.717, 1.165) is 23.2 Å². The summed E-state index contributed by atoms with van der Waals surface area (Å²) in [6.07, 6.45) is 3.33. The molecular formula is C13H13NO3. The zero-order chi connectivity index (χ0) is 12.3. The number of carbonyl (C=O) groups excluding carboxylic acids is 1. The van der Waals surface area contributed by atoms with Crippen molar-refractivity contribution in [2.45, 2.75) is 12.8 Å². The van der Waals surface area contributed by atoms with Gasteiger partial charge in [0.2, 0.25) is 6.41 Å². The summed E-state index contributed by atoms with van der Waals surface area (Å²) >= 11 is 0. The first-order valence-corrected chi connectivity index (χ1v) is 5.43. The molecule has 4 heteroatoms.